The summed E-state index contributed by atoms with van der Waals surface area (Å²) in [5.74, 6) is 2.03. The Morgan fingerprint density at radius 3 is 2.66 bits per heavy atom. The number of aromatic nitrogens is 2. The number of carbonyl (C=O) groups is 2. The summed E-state index contributed by atoms with van der Waals surface area (Å²) in [6, 6.07) is 0.659. The van der Waals surface area contributed by atoms with Crippen molar-refractivity contribution in [2.75, 3.05) is 13.1 Å². The van der Waals surface area contributed by atoms with E-state index in [9.17, 15) is 9.59 Å². The number of aryl methyl sites for hydroxylation is 1. The van der Waals surface area contributed by atoms with Crippen molar-refractivity contribution in [2.45, 2.75) is 76.3 Å². The number of hydrogen-bond donors (Lipinski definition) is 0. The minimum absolute atomic E-state index is 0.0623. The summed E-state index contributed by atoms with van der Waals surface area (Å²) in [5.41, 5.74) is 0.549. The summed E-state index contributed by atoms with van der Waals surface area (Å²) in [6.07, 6.45) is 15.3. The summed E-state index contributed by atoms with van der Waals surface area (Å²) < 4.78 is 1.84. The number of nitrogens with zero attached hydrogens (tertiary/aromatic N) is 4. The van der Waals surface area contributed by atoms with Gasteiger partial charge in [-0.25, -0.2) is 4.98 Å². The lowest BCUT2D eigenvalue weighted by Crippen LogP contribution is -2.65. The molecule has 158 valence electrons. The normalized spacial score (nSPS) is 32.9. The molecule has 4 fully saturated rings. The Morgan fingerprint density at radius 2 is 1.90 bits per heavy atom. The van der Waals surface area contributed by atoms with Crippen molar-refractivity contribution in [1.82, 2.24) is 19.4 Å². The molecule has 3 saturated heterocycles. The molecule has 0 N–H and O–H groups in total. The van der Waals surface area contributed by atoms with E-state index in [1.165, 1.54) is 38.5 Å². The third-order valence-electron chi connectivity index (χ3n) is 8.01. The van der Waals surface area contributed by atoms with Crippen LogP contribution in [-0.4, -0.2) is 56.3 Å². The number of piperidine rings is 3. The van der Waals surface area contributed by atoms with Gasteiger partial charge in [-0.2, -0.15) is 0 Å². The maximum Gasteiger partial charge on any atom is 0.274 e. The van der Waals surface area contributed by atoms with Gasteiger partial charge in [0, 0.05) is 44.8 Å². The fourth-order valence-corrected chi connectivity index (χ4v) is 6.69. The van der Waals surface area contributed by atoms with E-state index in [1.54, 1.807) is 6.33 Å². The van der Waals surface area contributed by atoms with Crippen LogP contribution in [0.3, 0.4) is 0 Å². The van der Waals surface area contributed by atoms with Gasteiger partial charge in [-0.05, 0) is 43.4 Å². The van der Waals surface area contributed by atoms with Crippen LogP contribution >= 0.6 is 0 Å². The van der Waals surface area contributed by atoms with E-state index in [4.69, 9.17) is 0 Å². The van der Waals surface area contributed by atoms with Gasteiger partial charge in [0.15, 0.2) is 0 Å². The minimum Gasteiger partial charge on any atom is -0.340 e. The van der Waals surface area contributed by atoms with Crippen molar-refractivity contribution in [2.24, 2.45) is 24.8 Å². The van der Waals surface area contributed by atoms with Crippen LogP contribution in [0.25, 0.3) is 0 Å². The maximum atomic E-state index is 13.1. The first-order valence-electron chi connectivity index (χ1n) is 11.7. The lowest BCUT2D eigenvalue weighted by molar-refractivity contribution is -0.153. The van der Waals surface area contributed by atoms with Crippen molar-refractivity contribution in [3.8, 4) is 0 Å². The van der Waals surface area contributed by atoms with Crippen molar-refractivity contribution >= 4 is 11.8 Å². The summed E-state index contributed by atoms with van der Waals surface area (Å²) in [6.45, 7) is 1.55. The lowest BCUT2D eigenvalue weighted by Gasteiger charge is -2.57. The minimum atomic E-state index is 0.0623. The van der Waals surface area contributed by atoms with Crippen molar-refractivity contribution in [1.29, 1.82) is 0 Å². The molecular formula is C23H34N4O2. The highest BCUT2D eigenvalue weighted by Crippen LogP contribution is 2.44. The second-order valence-corrected chi connectivity index (χ2v) is 9.96. The zero-order valence-electron chi connectivity index (χ0n) is 17.6. The molecule has 1 aromatic heterocycles. The molecule has 0 aromatic carbocycles. The monoisotopic (exact) mass is 398 g/mol. The second-order valence-electron chi connectivity index (χ2n) is 9.96. The zero-order valence-corrected chi connectivity index (χ0v) is 17.6. The number of carbonyl (C=O) groups excluding carboxylic acids is 2. The van der Waals surface area contributed by atoms with E-state index in [1.807, 2.05) is 22.7 Å². The summed E-state index contributed by atoms with van der Waals surface area (Å²) in [5, 5.41) is 0. The molecule has 0 radical (unpaired) electrons. The first kappa shape index (κ1) is 19.1. The molecule has 3 aliphatic heterocycles. The van der Waals surface area contributed by atoms with Gasteiger partial charge >= 0.3 is 0 Å². The smallest absolute Gasteiger partial charge is 0.274 e. The molecule has 0 unspecified atom stereocenters. The van der Waals surface area contributed by atoms with Gasteiger partial charge in [0.25, 0.3) is 5.91 Å². The predicted octanol–water partition coefficient (Wildman–Crippen LogP) is 3.23. The predicted molar refractivity (Wildman–Crippen MR) is 110 cm³/mol. The summed E-state index contributed by atoms with van der Waals surface area (Å²) in [4.78, 5) is 34.8. The Morgan fingerprint density at radius 1 is 1.10 bits per heavy atom. The van der Waals surface area contributed by atoms with E-state index in [2.05, 4.69) is 9.88 Å². The second kappa shape index (κ2) is 7.77. The number of hydrogen-bond acceptors (Lipinski definition) is 3. The third kappa shape index (κ3) is 3.59. The molecule has 5 rings (SSSR count). The number of rotatable bonds is 3. The van der Waals surface area contributed by atoms with E-state index in [-0.39, 0.29) is 5.91 Å². The first-order chi connectivity index (χ1) is 14.1. The van der Waals surface area contributed by atoms with Crippen molar-refractivity contribution in [3.63, 3.8) is 0 Å². The Bertz CT molecular complexity index is 769. The van der Waals surface area contributed by atoms with Crippen LogP contribution in [0.1, 0.15) is 74.7 Å². The molecule has 4 heterocycles. The molecule has 6 heteroatoms. The van der Waals surface area contributed by atoms with Crippen LogP contribution in [0.2, 0.25) is 0 Å². The standard InChI is InChI=1S/C23H34N4O2/c1-25-14-19(24-15-25)23(29)26-12-17-11-18(13-26)21(10-16-6-3-2-4-7-16)27-20(17)8-5-9-22(27)28/h14-18,20-21H,2-13H2,1H3/t17-,18+,20+,21+/m1/s1. The number of fused-ring (bicyclic) bond motifs is 4. The Balaban J connectivity index is 1.39. The lowest BCUT2D eigenvalue weighted by atomic mass is 9.69. The first-order valence-corrected chi connectivity index (χ1v) is 11.7. The third-order valence-corrected chi connectivity index (χ3v) is 8.01. The summed E-state index contributed by atoms with van der Waals surface area (Å²) in [7, 11) is 1.90. The highest BCUT2D eigenvalue weighted by molar-refractivity contribution is 5.92. The van der Waals surface area contributed by atoms with Gasteiger partial charge in [-0.15, -0.1) is 0 Å². The van der Waals surface area contributed by atoms with Gasteiger partial charge in [-0.3, -0.25) is 9.59 Å². The van der Waals surface area contributed by atoms with Crippen LogP contribution in [0.4, 0.5) is 0 Å². The van der Waals surface area contributed by atoms with Crippen LogP contribution in [0, 0.1) is 17.8 Å². The molecule has 4 aliphatic rings. The topological polar surface area (TPSA) is 58.4 Å². The highest BCUT2D eigenvalue weighted by Gasteiger charge is 2.50. The van der Waals surface area contributed by atoms with Gasteiger partial charge < -0.3 is 14.4 Å². The van der Waals surface area contributed by atoms with E-state index < -0.39 is 0 Å². The van der Waals surface area contributed by atoms with Gasteiger partial charge in [-0.1, -0.05) is 32.1 Å². The largest absolute Gasteiger partial charge is 0.340 e. The van der Waals surface area contributed by atoms with Crippen LogP contribution in [0.15, 0.2) is 12.5 Å². The average Bonchev–Trinajstić information content (AvgIpc) is 3.17. The quantitative estimate of drug-likeness (QED) is 0.785. The Kier molecular flexibility index (Phi) is 5.12. The highest BCUT2D eigenvalue weighted by atomic mass is 16.2. The molecule has 4 atom stereocenters. The Labute approximate surface area is 173 Å². The average molecular weight is 399 g/mol. The molecular weight excluding hydrogens is 364 g/mol. The number of likely N-dealkylation sites (tertiary alicyclic amines) is 1. The fraction of sp³-hybridized carbons (Fsp3) is 0.783. The van der Waals surface area contributed by atoms with Gasteiger partial charge in [0.05, 0.1) is 6.33 Å². The van der Waals surface area contributed by atoms with E-state index in [0.29, 0.717) is 41.9 Å². The van der Waals surface area contributed by atoms with Gasteiger partial charge in [0.2, 0.25) is 5.91 Å². The Hall–Kier alpha value is -1.85. The van der Waals surface area contributed by atoms with Gasteiger partial charge in [0.1, 0.15) is 5.69 Å². The van der Waals surface area contributed by atoms with E-state index >= 15 is 0 Å². The summed E-state index contributed by atoms with van der Waals surface area (Å²) >= 11 is 0. The van der Waals surface area contributed by atoms with Crippen LogP contribution in [-0.2, 0) is 11.8 Å². The van der Waals surface area contributed by atoms with Crippen molar-refractivity contribution < 1.29 is 9.59 Å². The number of imidazole rings is 1. The molecule has 0 spiro atoms. The maximum absolute atomic E-state index is 13.1. The molecule has 1 aromatic rings. The molecule has 29 heavy (non-hydrogen) atoms. The molecule has 1 saturated carbocycles. The SMILES string of the molecule is Cn1cnc(C(=O)N2C[C@H]3C[C@@H](C2)[C@H](CC2CCCCC2)N2C(=O)CCC[C@@H]32)c1. The zero-order chi connectivity index (χ0) is 20.0. The molecule has 6 nitrogen and oxygen atoms in total. The van der Waals surface area contributed by atoms with Crippen LogP contribution in [0.5, 0.6) is 0 Å². The van der Waals surface area contributed by atoms with E-state index in [0.717, 1.165) is 38.3 Å². The molecule has 1 aliphatic carbocycles. The molecule has 2 amide bonds. The fourth-order valence-electron chi connectivity index (χ4n) is 6.69. The number of amides is 2. The van der Waals surface area contributed by atoms with Crippen molar-refractivity contribution in [3.05, 3.63) is 18.2 Å². The van der Waals surface area contributed by atoms with Crippen LogP contribution < -0.4 is 0 Å². The molecule has 2 bridgehead atoms.